The predicted octanol–water partition coefficient (Wildman–Crippen LogP) is 4.98. The van der Waals surface area contributed by atoms with Crippen LogP contribution in [0, 0.1) is 5.41 Å². The Morgan fingerprint density at radius 3 is 2.67 bits per heavy atom. The molecular formula is C13H16Cl2O2S. The first kappa shape index (κ1) is 15.7. The molecule has 0 bridgehead atoms. The SMILES string of the molecule is CC(C)(CCCSc1cc(Cl)ccc1Cl)C(=O)O. The number of carbonyl (C=O) groups is 1. The molecule has 1 rings (SSSR count). The molecule has 0 aromatic heterocycles. The number of benzene rings is 1. The van der Waals surface area contributed by atoms with Gasteiger partial charge in [0.15, 0.2) is 0 Å². The summed E-state index contributed by atoms with van der Waals surface area (Å²) in [6, 6.07) is 5.35. The van der Waals surface area contributed by atoms with E-state index < -0.39 is 11.4 Å². The van der Waals surface area contributed by atoms with E-state index in [1.807, 2.05) is 6.07 Å². The van der Waals surface area contributed by atoms with E-state index in [9.17, 15) is 4.79 Å². The monoisotopic (exact) mass is 306 g/mol. The number of aliphatic carboxylic acids is 1. The highest BCUT2D eigenvalue weighted by molar-refractivity contribution is 7.99. The van der Waals surface area contributed by atoms with Crippen molar-refractivity contribution in [3.63, 3.8) is 0 Å². The van der Waals surface area contributed by atoms with Crippen LogP contribution < -0.4 is 0 Å². The molecule has 0 radical (unpaired) electrons. The van der Waals surface area contributed by atoms with Gasteiger partial charge in [0.25, 0.3) is 0 Å². The van der Waals surface area contributed by atoms with Crippen molar-refractivity contribution >= 4 is 40.9 Å². The minimum Gasteiger partial charge on any atom is -0.481 e. The second-order valence-electron chi connectivity index (χ2n) is 4.72. The third kappa shape index (κ3) is 4.71. The molecule has 0 amide bonds. The average molecular weight is 307 g/mol. The normalized spacial score (nSPS) is 11.6. The topological polar surface area (TPSA) is 37.3 Å². The van der Waals surface area contributed by atoms with Crippen LogP contribution in [0.3, 0.4) is 0 Å². The van der Waals surface area contributed by atoms with Crippen molar-refractivity contribution < 1.29 is 9.90 Å². The predicted molar refractivity (Wildman–Crippen MR) is 77.8 cm³/mol. The van der Waals surface area contributed by atoms with E-state index >= 15 is 0 Å². The summed E-state index contributed by atoms with van der Waals surface area (Å²) in [5, 5.41) is 10.3. The lowest BCUT2D eigenvalue weighted by atomic mass is 9.88. The maximum absolute atomic E-state index is 10.9. The van der Waals surface area contributed by atoms with E-state index in [2.05, 4.69) is 0 Å². The number of rotatable bonds is 6. The Labute approximate surface area is 122 Å². The quantitative estimate of drug-likeness (QED) is 0.595. The van der Waals surface area contributed by atoms with Crippen LogP contribution in [0.15, 0.2) is 23.1 Å². The Morgan fingerprint density at radius 1 is 1.39 bits per heavy atom. The second-order valence-corrected chi connectivity index (χ2v) is 6.70. The molecule has 1 aromatic carbocycles. The molecule has 18 heavy (non-hydrogen) atoms. The van der Waals surface area contributed by atoms with Crippen LogP contribution >= 0.6 is 35.0 Å². The van der Waals surface area contributed by atoms with Gasteiger partial charge in [-0.05, 0) is 50.6 Å². The van der Waals surface area contributed by atoms with Gasteiger partial charge in [0.2, 0.25) is 0 Å². The zero-order chi connectivity index (χ0) is 13.8. The Hall–Kier alpha value is -0.380. The third-order valence-corrected chi connectivity index (χ3v) is 4.49. The van der Waals surface area contributed by atoms with Crippen LogP contribution in [0.4, 0.5) is 0 Å². The Bertz CT molecular complexity index is 433. The fourth-order valence-electron chi connectivity index (χ4n) is 1.39. The Balaban J connectivity index is 2.43. The smallest absolute Gasteiger partial charge is 0.309 e. The average Bonchev–Trinajstić information content (AvgIpc) is 2.28. The van der Waals surface area contributed by atoms with Crippen LogP contribution in [0.5, 0.6) is 0 Å². The summed E-state index contributed by atoms with van der Waals surface area (Å²) in [4.78, 5) is 11.9. The molecule has 0 saturated carbocycles. The number of thioether (sulfide) groups is 1. The largest absolute Gasteiger partial charge is 0.481 e. The minimum absolute atomic E-state index is 0.646. The van der Waals surface area contributed by atoms with Gasteiger partial charge < -0.3 is 5.11 Å². The highest BCUT2D eigenvalue weighted by Gasteiger charge is 2.26. The second kappa shape index (κ2) is 6.69. The molecule has 0 aliphatic heterocycles. The van der Waals surface area contributed by atoms with E-state index in [1.165, 1.54) is 0 Å². The number of carboxylic acids is 1. The van der Waals surface area contributed by atoms with Crippen molar-refractivity contribution in [3.8, 4) is 0 Å². The van der Waals surface area contributed by atoms with Gasteiger partial charge in [-0.1, -0.05) is 23.2 Å². The van der Waals surface area contributed by atoms with Crippen molar-refractivity contribution in [2.45, 2.75) is 31.6 Å². The summed E-state index contributed by atoms with van der Waals surface area (Å²) in [7, 11) is 0. The highest BCUT2D eigenvalue weighted by atomic mass is 35.5. The van der Waals surface area contributed by atoms with Crippen LogP contribution in [0.1, 0.15) is 26.7 Å². The molecular weight excluding hydrogens is 291 g/mol. The van der Waals surface area contributed by atoms with Crippen LogP contribution in [0.25, 0.3) is 0 Å². The first-order chi connectivity index (χ1) is 8.33. The maximum atomic E-state index is 10.9. The first-order valence-corrected chi connectivity index (χ1v) is 7.38. The molecule has 1 aromatic rings. The molecule has 2 nitrogen and oxygen atoms in total. The van der Waals surface area contributed by atoms with Crippen molar-refractivity contribution in [2.75, 3.05) is 5.75 Å². The Morgan fingerprint density at radius 2 is 2.06 bits per heavy atom. The molecule has 0 spiro atoms. The summed E-state index contributed by atoms with van der Waals surface area (Å²) in [5.74, 6) is 0.0739. The highest BCUT2D eigenvalue weighted by Crippen LogP contribution is 2.31. The van der Waals surface area contributed by atoms with Crippen LogP contribution in [-0.4, -0.2) is 16.8 Å². The number of hydrogen-bond donors (Lipinski definition) is 1. The molecule has 100 valence electrons. The van der Waals surface area contributed by atoms with Crippen molar-refractivity contribution in [3.05, 3.63) is 28.2 Å². The maximum Gasteiger partial charge on any atom is 0.309 e. The van der Waals surface area contributed by atoms with Gasteiger partial charge in [0, 0.05) is 9.92 Å². The lowest BCUT2D eigenvalue weighted by Gasteiger charge is -2.18. The summed E-state index contributed by atoms with van der Waals surface area (Å²) in [6.07, 6.45) is 1.47. The molecule has 0 unspecified atom stereocenters. The number of carboxylic acid groups (broad SMARTS) is 1. The lowest BCUT2D eigenvalue weighted by molar-refractivity contribution is -0.147. The van der Waals surface area contributed by atoms with Gasteiger partial charge in [-0.2, -0.15) is 0 Å². The molecule has 5 heteroatoms. The molecule has 1 N–H and O–H groups in total. The van der Waals surface area contributed by atoms with Gasteiger partial charge >= 0.3 is 5.97 Å². The van der Waals surface area contributed by atoms with Gasteiger partial charge in [0.1, 0.15) is 0 Å². The van der Waals surface area contributed by atoms with Gasteiger partial charge in [-0.15, -0.1) is 11.8 Å². The van der Waals surface area contributed by atoms with E-state index in [1.54, 1.807) is 37.7 Å². The summed E-state index contributed by atoms with van der Waals surface area (Å²) >= 11 is 13.5. The van der Waals surface area contributed by atoms with Gasteiger partial charge in [-0.3, -0.25) is 4.79 Å². The Kier molecular flexibility index (Phi) is 5.83. The molecule has 0 saturated heterocycles. The van der Waals surface area contributed by atoms with Gasteiger partial charge in [-0.25, -0.2) is 0 Å². The van der Waals surface area contributed by atoms with Crippen LogP contribution in [0.2, 0.25) is 10.0 Å². The molecule has 0 aliphatic carbocycles. The van der Waals surface area contributed by atoms with Crippen molar-refractivity contribution in [1.82, 2.24) is 0 Å². The molecule has 0 fully saturated rings. The standard InChI is InChI=1S/C13H16Cl2O2S/c1-13(2,12(16)17)6-3-7-18-11-8-9(14)4-5-10(11)15/h4-5,8H,3,6-7H2,1-2H3,(H,16,17). The molecule has 0 atom stereocenters. The first-order valence-electron chi connectivity index (χ1n) is 5.64. The van der Waals surface area contributed by atoms with Crippen LogP contribution in [-0.2, 0) is 4.79 Å². The fourth-order valence-corrected chi connectivity index (χ4v) is 2.83. The zero-order valence-corrected chi connectivity index (χ0v) is 12.7. The molecule has 0 heterocycles. The van der Waals surface area contributed by atoms with E-state index in [0.717, 1.165) is 17.1 Å². The number of halogens is 2. The molecule has 0 aliphatic rings. The van der Waals surface area contributed by atoms with E-state index in [4.69, 9.17) is 28.3 Å². The summed E-state index contributed by atoms with van der Waals surface area (Å²) in [5.41, 5.74) is -0.668. The number of hydrogen-bond acceptors (Lipinski definition) is 2. The minimum atomic E-state index is -0.756. The van der Waals surface area contributed by atoms with Crippen molar-refractivity contribution in [1.29, 1.82) is 0 Å². The fraction of sp³-hybridized carbons (Fsp3) is 0.462. The summed E-state index contributed by atoms with van der Waals surface area (Å²) < 4.78 is 0. The summed E-state index contributed by atoms with van der Waals surface area (Å²) in [6.45, 7) is 3.48. The third-order valence-electron chi connectivity index (χ3n) is 2.68. The zero-order valence-electron chi connectivity index (χ0n) is 10.4. The lowest BCUT2D eigenvalue weighted by Crippen LogP contribution is -2.23. The van der Waals surface area contributed by atoms with E-state index in [0.29, 0.717) is 16.5 Å². The van der Waals surface area contributed by atoms with E-state index in [-0.39, 0.29) is 0 Å². The van der Waals surface area contributed by atoms with Crippen molar-refractivity contribution in [2.24, 2.45) is 5.41 Å². The van der Waals surface area contributed by atoms with Gasteiger partial charge in [0.05, 0.1) is 10.4 Å².